The highest BCUT2D eigenvalue weighted by Gasteiger charge is 2.20. The number of carbonyl (C=O) groups is 3. The number of aromatic nitrogens is 1. The van der Waals surface area contributed by atoms with Crippen LogP contribution in [0.15, 0.2) is 24.4 Å². The molecule has 4 N–H and O–H groups in total. The molecule has 0 saturated carbocycles. The summed E-state index contributed by atoms with van der Waals surface area (Å²) in [6, 6.07) is 3.99. The molecular weight excluding hydrogens is 250 g/mol. The van der Waals surface area contributed by atoms with E-state index in [9.17, 15) is 14.4 Å². The highest BCUT2D eigenvalue weighted by atomic mass is 16.4. The van der Waals surface area contributed by atoms with Gasteiger partial charge in [0, 0.05) is 18.3 Å². The summed E-state index contributed by atoms with van der Waals surface area (Å²) in [5.74, 6) is -2.27. The molecule has 102 valence electrons. The SMILES string of the molecule is NC(=O)CCC(NC(=O)Cc1ccccn1)C(=O)O. The number of carboxylic acids is 1. The van der Waals surface area contributed by atoms with Gasteiger partial charge in [0.15, 0.2) is 0 Å². The van der Waals surface area contributed by atoms with Crippen LogP contribution in [0.4, 0.5) is 0 Å². The molecule has 1 unspecified atom stereocenters. The zero-order valence-corrected chi connectivity index (χ0v) is 10.2. The smallest absolute Gasteiger partial charge is 0.326 e. The van der Waals surface area contributed by atoms with E-state index in [0.717, 1.165) is 0 Å². The fourth-order valence-electron chi connectivity index (χ4n) is 1.46. The van der Waals surface area contributed by atoms with Crippen molar-refractivity contribution in [1.29, 1.82) is 0 Å². The first-order valence-corrected chi connectivity index (χ1v) is 5.69. The highest BCUT2D eigenvalue weighted by molar-refractivity contribution is 5.85. The Bertz CT molecular complexity index is 461. The maximum Gasteiger partial charge on any atom is 0.326 e. The molecule has 0 saturated heterocycles. The molecule has 0 aromatic carbocycles. The number of hydrogen-bond donors (Lipinski definition) is 3. The van der Waals surface area contributed by atoms with Gasteiger partial charge in [-0.15, -0.1) is 0 Å². The number of nitrogens with one attached hydrogen (secondary N) is 1. The third-order valence-electron chi connectivity index (χ3n) is 2.38. The lowest BCUT2D eigenvalue weighted by molar-refractivity contribution is -0.142. The van der Waals surface area contributed by atoms with Crippen molar-refractivity contribution in [2.75, 3.05) is 0 Å². The van der Waals surface area contributed by atoms with Gasteiger partial charge in [-0.3, -0.25) is 14.6 Å². The van der Waals surface area contributed by atoms with Gasteiger partial charge in [0.05, 0.1) is 6.42 Å². The number of nitrogens with two attached hydrogens (primary N) is 1. The maximum atomic E-state index is 11.6. The van der Waals surface area contributed by atoms with Crippen molar-refractivity contribution in [2.45, 2.75) is 25.3 Å². The third kappa shape index (κ3) is 5.62. The van der Waals surface area contributed by atoms with Crippen LogP contribution < -0.4 is 11.1 Å². The lowest BCUT2D eigenvalue weighted by Gasteiger charge is -2.13. The Hall–Kier alpha value is -2.44. The van der Waals surface area contributed by atoms with Gasteiger partial charge in [-0.05, 0) is 18.6 Å². The van der Waals surface area contributed by atoms with Gasteiger partial charge >= 0.3 is 5.97 Å². The lowest BCUT2D eigenvalue weighted by Crippen LogP contribution is -2.42. The largest absolute Gasteiger partial charge is 0.480 e. The number of rotatable bonds is 7. The normalized spacial score (nSPS) is 11.6. The van der Waals surface area contributed by atoms with Crippen LogP contribution >= 0.6 is 0 Å². The Labute approximate surface area is 109 Å². The highest BCUT2D eigenvalue weighted by Crippen LogP contribution is 2.00. The first kappa shape index (κ1) is 14.6. The zero-order valence-electron chi connectivity index (χ0n) is 10.2. The fraction of sp³-hybridized carbons (Fsp3) is 0.333. The van der Waals surface area contributed by atoms with Gasteiger partial charge in [-0.25, -0.2) is 4.79 Å². The number of hydrogen-bond acceptors (Lipinski definition) is 4. The Morgan fingerprint density at radius 1 is 1.37 bits per heavy atom. The summed E-state index contributed by atoms with van der Waals surface area (Å²) in [6.07, 6.45) is 1.41. The Morgan fingerprint density at radius 3 is 2.63 bits per heavy atom. The van der Waals surface area contributed by atoms with Crippen LogP contribution in [0.3, 0.4) is 0 Å². The Balaban J connectivity index is 2.52. The van der Waals surface area contributed by atoms with Crippen LogP contribution in [0, 0.1) is 0 Å². The summed E-state index contributed by atoms with van der Waals surface area (Å²) >= 11 is 0. The van der Waals surface area contributed by atoms with E-state index in [4.69, 9.17) is 10.8 Å². The molecule has 1 rings (SSSR count). The van der Waals surface area contributed by atoms with Crippen molar-refractivity contribution in [3.63, 3.8) is 0 Å². The summed E-state index contributed by atoms with van der Waals surface area (Å²) in [6.45, 7) is 0. The van der Waals surface area contributed by atoms with Crippen LogP contribution in [0.25, 0.3) is 0 Å². The second-order valence-corrected chi connectivity index (χ2v) is 3.96. The number of nitrogens with zero attached hydrogens (tertiary/aromatic N) is 1. The number of aliphatic carboxylic acids is 1. The van der Waals surface area contributed by atoms with Crippen molar-refractivity contribution < 1.29 is 19.5 Å². The van der Waals surface area contributed by atoms with Crippen molar-refractivity contribution in [2.24, 2.45) is 5.73 Å². The standard InChI is InChI=1S/C12H15N3O4/c13-10(16)5-4-9(12(18)19)15-11(17)7-8-3-1-2-6-14-8/h1-3,6,9H,4-5,7H2,(H2,13,16)(H,15,17)(H,18,19). The van der Waals surface area contributed by atoms with E-state index >= 15 is 0 Å². The van der Waals surface area contributed by atoms with Crippen LogP contribution in [-0.2, 0) is 20.8 Å². The van der Waals surface area contributed by atoms with Crippen LogP contribution in [-0.4, -0.2) is 33.9 Å². The minimum atomic E-state index is -1.20. The molecule has 1 aromatic heterocycles. The number of primary amides is 1. The molecule has 19 heavy (non-hydrogen) atoms. The van der Waals surface area contributed by atoms with Crippen LogP contribution in [0.1, 0.15) is 18.5 Å². The number of carboxylic acid groups (broad SMARTS) is 1. The summed E-state index contributed by atoms with van der Waals surface area (Å²) in [7, 11) is 0. The van der Waals surface area contributed by atoms with E-state index in [2.05, 4.69) is 10.3 Å². The molecule has 0 fully saturated rings. The van der Waals surface area contributed by atoms with E-state index in [-0.39, 0.29) is 19.3 Å². The predicted octanol–water partition coefficient (Wildman–Crippen LogP) is -0.541. The zero-order chi connectivity index (χ0) is 14.3. The first-order valence-electron chi connectivity index (χ1n) is 5.69. The summed E-state index contributed by atoms with van der Waals surface area (Å²) < 4.78 is 0. The molecule has 7 nitrogen and oxygen atoms in total. The Kier molecular flexibility index (Phi) is 5.46. The van der Waals surface area contributed by atoms with Gasteiger partial charge in [0.25, 0.3) is 0 Å². The topological polar surface area (TPSA) is 122 Å². The van der Waals surface area contributed by atoms with E-state index < -0.39 is 23.8 Å². The summed E-state index contributed by atoms with van der Waals surface area (Å²) in [4.78, 5) is 37.1. The van der Waals surface area contributed by atoms with E-state index in [1.807, 2.05) is 0 Å². The van der Waals surface area contributed by atoms with Crippen molar-refractivity contribution in [3.8, 4) is 0 Å². The number of amides is 2. The number of pyridine rings is 1. The molecular formula is C12H15N3O4. The van der Waals surface area contributed by atoms with Crippen LogP contribution in [0.5, 0.6) is 0 Å². The molecule has 0 aliphatic carbocycles. The van der Waals surface area contributed by atoms with Crippen molar-refractivity contribution in [3.05, 3.63) is 30.1 Å². The van der Waals surface area contributed by atoms with Gasteiger partial charge in [-0.2, -0.15) is 0 Å². The summed E-state index contributed by atoms with van der Waals surface area (Å²) in [5.41, 5.74) is 5.48. The van der Waals surface area contributed by atoms with Crippen molar-refractivity contribution >= 4 is 17.8 Å². The first-order chi connectivity index (χ1) is 8.99. The monoisotopic (exact) mass is 265 g/mol. The molecule has 7 heteroatoms. The third-order valence-corrected chi connectivity index (χ3v) is 2.38. The average Bonchev–Trinajstić information content (AvgIpc) is 2.35. The molecule has 0 aliphatic heterocycles. The second-order valence-electron chi connectivity index (χ2n) is 3.96. The molecule has 2 amide bonds. The average molecular weight is 265 g/mol. The maximum absolute atomic E-state index is 11.6. The quantitative estimate of drug-likeness (QED) is 0.611. The minimum Gasteiger partial charge on any atom is -0.480 e. The molecule has 1 atom stereocenters. The molecule has 1 heterocycles. The second kappa shape index (κ2) is 7.10. The predicted molar refractivity (Wildman–Crippen MR) is 65.9 cm³/mol. The van der Waals surface area contributed by atoms with Gasteiger partial charge in [0.2, 0.25) is 11.8 Å². The molecule has 1 aromatic rings. The van der Waals surface area contributed by atoms with E-state index in [0.29, 0.717) is 5.69 Å². The molecule has 0 radical (unpaired) electrons. The van der Waals surface area contributed by atoms with Gasteiger partial charge in [-0.1, -0.05) is 6.07 Å². The lowest BCUT2D eigenvalue weighted by atomic mass is 10.1. The summed E-state index contributed by atoms with van der Waals surface area (Å²) in [5, 5.41) is 11.3. The Morgan fingerprint density at radius 2 is 2.11 bits per heavy atom. The minimum absolute atomic E-state index is 0.0127. The molecule has 0 bridgehead atoms. The van der Waals surface area contributed by atoms with E-state index in [1.54, 1.807) is 24.4 Å². The van der Waals surface area contributed by atoms with Crippen molar-refractivity contribution in [1.82, 2.24) is 10.3 Å². The van der Waals surface area contributed by atoms with E-state index in [1.165, 1.54) is 0 Å². The number of carbonyl (C=O) groups excluding carboxylic acids is 2. The van der Waals surface area contributed by atoms with Gasteiger partial charge < -0.3 is 16.2 Å². The molecule has 0 aliphatic rings. The fourth-order valence-corrected chi connectivity index (χ4v) is 1.46. The molecule has 0 spiro atoms. The van der Waals surface area contributed by atoms with Gasteiger partial charge in [0.1, 0.15) is 6.04 Å². The van der Waals surface area contributed by atoms with Crippen LogP contribution in [0.2, 0.25) is 0 Å².